The molecule has 17 heavy (non-hydrogen) atoms. The molecule has 2 atom stereocenters. The van der Waals surface area contributed by atoms with Crippen LogP contribution in [0.1, 0.15) is 32.6 Å². The molecule has 1 aliphatic rings. The van der Waals surface area contributed by atoms with Crippen molar-refractivity contribution in [3.05, 3.63) is 12.2 Å². The molecular formula is C13H22O4. The van der Waals surface area contributed by atoms with Crippen molar-refractivity contribution in [3.63, 3.8) is 0 Å². The van der Waals surface area contributed by atoms with Gasteiger partial charge in [-0.3, -0.25) is 0 Å². The molecule has 0 aromatic heterocycles. The van der Waals surface area contributed by atoms with E-state index in [0.29, 0.717) is 18.6 Å². The topological polar surface area (TPSA) is 44.8 Å². The summed E-state index contributed by atoms with van der Waals surface area (Å²) < 4.78 is 15.7. The van der Waals surface area contributed by atoms with Crippen molar-refractivity contribution in [2.75, 3.05) is 20.3 Å². The molecule has 2 unspecified atom stereocenters. The summed E-state index contributed by atoms with van der Waals surface area (Å²) >= 11 is 0. The van der Waals surface area contributed by atoms with Gasteiger partial charge in [0.25, 0.3) is 0 Å². The highest BCUT2D eigenvalue weighted by Crippen LogP contribution is 2.17. The molecular weight excluding hydrogens is 220 g/mol. The fourth-order valence-corrected chi connectivity index (χ4v) is 1.82. The van der Waals surface area contributed by atoms with Gasteiger partial charge in [-0.05, 0) is 31.6 Å². The maximum absolute atomic E-state index is 11.2. The van der Waals surface area contributed by atoms with Crippen molar-refractivity contribution in [1.82, 2.24) is 0 Å². The van der Waals surface area contributed by atoms with E-state index in [9.17, 15) is 4.79 Å². The molecule has 0 amide bonds. The van der Waals surface area contributed by atoms with Crippen LogP contribution in [0.25, 0.3) is 0 Å². The first kappa shape index (κ1) is 14.2. The van der Waals surface area contributed by atoms with Gasteiger partial charge in [0, 0.05) is 12.2 Å². The lowest BCUT2D eigenvalue weighted by atomic mass is 10.0. The summed E-state index contributed by atoms with van der Waals surface area (Å²) in [4.78, 5) is 11.2. The number of carbonyl (C=O) groups excluding carboxylic acids is 1. The van der Waals surface area contributed by atoms with Crippen LogP contribution in [0.4, 0.5) is 0 Å². The smallest absolute Gasteiger partial charge is 0.333 e. The van der Waals surface area contributed by atoms with Crippen LogP contribution in [-0.4, -0.2) is 32.6 Å². The summed E-state index contributed by atoms with van der Waals surface area (Å²) in [5, 5.41) is 0. The monoisotopic (exact) mass is 242 g/mol. The third-order valence-corrected chi connectivity index (χ3v) is 2.77. The Hall–Kier alpha value is -0.870. The first-order valence-corrected chi connectivity index (χ1v) is 6.12. The third kappa shape index (κ3) is 5.33. The van der Waals surface area contributed by atoms with E-state index in [-0.39, 0.29) is 18.2 Å². The zero-order valence-corrected chi connectivity index (χ0v) is 10.7. The lowest BCUT2D eigenvalue weighted by molar-refractivity contribution is -0.168. The predicted octanol–water partition coefficient (Wildman–Crippen LogP) is 2.29. The van der Waals surface area contributed by atoms with Crippen LogP contribution in [0.15, 0.2) is 12.2 Å². The van der Waals surface area contributed by atoms with E-state index in [1.54, 1.807) is 0 Å². The summed E-state index contributed by atoms with van der Waals surface area (Å²) in [5.74, 6) is -0.0992. The van der Waals surface area contributed by atoms with Gasteiger partial charge >= 0.3 is 5.97 Å². The molecule has 0 spiro atoms. The standard InChI is InChI=1S/C13H22O4/c1-10(8-11(2)13(14)15-3)9-17-12-6-4-5-7-16-12/h10,12H,2,4-9H2,1,3H3. The van der Waals surface area contributed by atoms with E-state index in [4.69, 9.17) is 9.47 Å². The van der Waals surface area contributed by atoms with Gasteiger partial charge in [0.2, 0.25) is 0 Å². The van der Waals surface area contributed by atoms with Crippen molar-refractivity contribution in [2.24, 2.45) is 5.92 Å². The highest BCUT2D eigenvalue weighted by atomic mass is 16.7. The van der Waals surface area contributed by atoms with Gasteiger partial charge in [-0.15, -0.1) is 0 Å². The van der Waals surface area contributed by atoms with E-state index < -0.39 is 0 Å². The van der Waals surface area contributed by atoms with Crippen molar-refractivity contribution in [1.29, 1.82) is 0 Å². The van der Waals surface area contributed by atoms with Gasteiger partial charge in [0.15, 0.2) is 6.29 Å². The van der Waals surface area contributed by atoms with E-state index in [0.717, 1.165) is 25.9 Å². The zero-order valence-electron chi connectivity index (χ0n) is 10.7. The molecule has 0 saturated carbocycles. The average molecular weight is 242 g/mol. The number of rotatable bonds is 6. The Balaban J connectivity index is 2.17. The normalized spacial score (nSPS) is 21.9. The molecule has 0 N–H and O–H groups in total. The van der Waals surface area contributed by atoms with Gasteiger partial charge in [0.1, 0.15) is 0 Å². The molecule has 0 aromatic rings. The maximum atomic E-state index is 11.2. The Kier molecular flexibility index (Phi) is 6.22. The zero-order chi connectivity index (χ0) is 12.7. The van der Waals surface area contributed by atoms with Crippen LogP contribution in [0.2, 0.25) is 0 Å². The second-order valence-electron chi connectivity index (χ2n) is 4.53. The minimum absolute atomic E-state index is 0.0717. The molecule has 1 saturated heterocycles. The summed E-state index contributed by atoms with van der Waals surface area (Å²) in [7, 11) is 1.37. The molecule has 4 heteroatoms. The summed E-state index contributed by atoms with van der Waals surface area (Å²) in [6, 6.07) is 0. The molecule has 0 bridgehead atoms. The molecule has 1 heterocycles. The van der Waals surface area contributed by atoms with Crippen LogP contribution >= 0.6 is 0 Å². The van der Waals surface area contributed by atoms with Gasteiger partial charge in [0.05, 0.1) is 13.7 Å². The number of hydrogen-bond donors (Lipinski definition) is 0. The van der Waals surface area contributed by atoms with Crippen molar-refractivity contribution >= 4 is 5.97 Å². The molecule has 98 valence electrons. The average Bonchev–Trinajstić information content (AvgIpc) is 2.36. The number of ether oxygens (including phenoxy) is 3. The Morgan fingerprint density at radius 3 is 2.88 bits per heavy atom. The fourth-order valence-electron chi connectivity index (χ4n) is 1.82. The second kappa shape index (κ2) is 7.45. The Bertz CT molecular complexity index is 256. The fraction of sp³-hybridized carbons (Fsp3) is 0.769. The number of hydrogen-bond acceptors (Lipinski definition) is 4. The van der Waals surface area contributed by atoms with E-state index >= 15 is 0 Å². The van der Waals surface area contributed by atoms with Crippen molar-refractivity contribution in [2.45, 2.75) is 38.9 Å². The van der Waals surface area contributed by atoms with E-state index in [1.165, 1.54) is 7.11 Å². The van der Waals surface area contributed by atoms with Crippen LogP contribution in [-0.2, 0) is 19.0 Å². The molecule has 0 radical (unpaired) electrons. The summed E-state index contributed by atoms with van der Waals surface area (Å²) in [6.45, 7) is 7.09. The number of carbonyl (C=O) groups is 1. The molecule has 0 aliphatic carbocycles. The van der Waals surface area contributed by atoms with Gasteiger partial charge in [-0.25, -0.2) is 4.79 Å². The Morgan fingerprint density at radius 1 is 1.53 bits per heavy atom. The lowest BCUT2D eigenvalue weighted by Gasteiger charge is -2.24. The highest BCUT2D eigenvalue weighted by Gasteiger charge is 2.17. The Labute approximate surface area is 103 Å². The molecule has 1 aliphatic heterocycles. The highest BCUT2D eigenvalue weighted by molar-refractivity contribution is 5.87. The van der Waals surface area contributed by atoms with Gasteiger partial charge in [-0.1, -0.05) is 13.5 Å². The molecule has 0 aromatic carbocycles. The number of esters is 1. The van der Waals surface area contributed by atoms with E-state index in [2.05, 4.69) is 11.3 Å². The van der Waals surface area contributed by atoms with Crippen molar-refractivity contribution < 1.29 is 19.0 Å². The quantitative estimate of drug-likeness (QED) is 0.529. The van der Waals surface area contributed by atoms with Crippen LogP contribution in [0, 0.1) is 5.92 Å². The first-order chi connectivity index (χ1) is 8.13. The summed E-state index contributed by atoms with van der Waals surface area (Å²) in [5.41, 5.74) is 0.494. The molecule has 4 nitrogen and oxygen atoms in total. The first-order valence-electron chi connectivity index (χ1n) is 6.12. The predicted molar refractivity (Wildman–Crippen MR) is 64.5 cm³/mol. The molecule has 1 rings (SSSR count). The SMILES string of the molecule is C=C(CC(C)COC1CCCCO1)C(=O)OC. The lowest BCUT2D eigenvalue weighted by Crippen LogP contribution is -2.24. The van der Waals surface area contributed by atoms with Gasteiger partial charge < -0.3 is 14.2 Å². The van der Waals surface area contributed by atoms with Crippen LogP contribution in [0.5, 0.6) is 0 Å². The third-order valence-electron chi connectivity index (χ3n) is 2.77. The second-order valence-corrected chi connectivity index (χ2v) is 4.53. The van der Waals surface area contributed by atoms with Crippen LogP contribution < -0.4 is 0 Å². The largest absolute Gasteiger partial charge is 0.466 e. The molecule has 1 fully saturated rings. The minimum atomic E-state index is -0.342. The van der Waals surface area contributed by atoms with Gasteiger partial charge in [-0.2, -0.15) is 0 Å². The maximum Gasteiger partial charge on any atom is 0.333 e. The summed E-state index contributed by atoms with van der Waals surface area (Å²) in [6.07, 6.45) is 3.77. The van der Waals surface area contributed by atoms with E-state index in [1.807, 2.05) is 6.92 Å². The van der Waals surface area contributed by atoms with Crippen molar-refractivity contribution in [3.8, 4) is 0 Å². The minimum Gasteiger partial charge on any atom is -0.466 e. The number of methoxy groups -OCH3 is 1. The van der Waals surface area contributed by atoms with Crippen LogP contribution in [0.3, 0.4) is 0 Å². The Morgan fingerprint density at radius 2 is 2.29 bits per heavy atom.